The molecular formula is C30H37N3O. The van der Waals surface area contributed by atoms with Crippen molar-refractivity contribution in [2.24, 2.45) is 5.92 Å². The Hall–Kier alpha value is -2.95. The van der Waals surface area contributed by atoms with Gasteiger partial charge < -0.3 is 10.2 Å². The van der Waals surface area contributed by atoms with Crippen LogP contribution in [-0.4, -0.2) is 48.4 Å². The molecular weight excluding hydrogens is 418 g/mol. The van der Waals surface area contributed by atoms with Gasteiger partial charge in [0.2, 0.25) is 0 Å². The summed E-state index contributed by atoms with van der Waals surface area (Å²) in [5.74, 6) is 0.687. The fourth-order valence-electron chi connectivity index (χ4n) is 4.50. The number of amides is 1. The monoisotopic (exact) mass is 455 g/mol. The maximum atomic E-state index is 12.8. The number of rotatable bonds is 8. The van der Waals surface area contributed by atoms with Gasteiger partial charge in [-0.15, -0.1) is 0 Å². The van der Waals surface area contributed by atoms with Crippen LogP contribution in [0, 0.1) is 5.92 Å². The molecule has 1 fully saturated rings. The normalized spacial score (nSPS) is 15.3. The Morgan fingerprint density at radius 2 is 1.53 bits per heavy atom. The van der Waals surface area contributed by atoms with Crippen molar-refractivity contribution in [2.45, 2.75) is 33.2 Å². The third-order valence-corrected chi connectivity index (χ3v) is 6.55. The maximum Gasteiger partial charge on any atom is 0.255 e. The summed E-state index contributed by atoms with van der Waals surface area (Å²) in [4.78, 5) is 18.0. The highest BCUT2D eigenvalue weighted by Gasteiger charge is 2.15. The number of nitrogens with one attached hydrogen (secondary N) is 1. The van der Waals surface area contributed by atoms with E-state index in [1.54, 1.807) is 0 Å². The molecule has 34 heavy (non-hydrogen) atoms. The Balaban J connectivity index is 1.32. The average Bonchev–Trinajstić information content (AvgIpc) is 3.08. The molecule has 178 valence electrons. The second kappa shape index (κ2) is 12.0. The first-order valence-corrected chi connectivity index (χ1v) is 12.6. The predicted octanol–water partition coefficient (Wildman–Crippen LogP) is 6.16. The zero-order chi connectivity index (χ0) is 23.8. The van der Waals surface area contributed by atoms with E-state index in [1.807, 2.05) is 54.6 Å². The fraction of sp³-hybridized carbons (Fsp3) is 0.367. The van der Waals surface area contributed by atoms with Crippen LogP contribution < -0.4 is 5.32 Å². The van der Waals surface area contributed by atoms with Gasteiger partial charge in [0, 0.05) is 30.9 Å². The minimum atomic E-state index is -0.0765. The molecule has 1 aliphatic rings. The third kappa shape index (κ3) is 7.02. The summed E-state index contributed by atoms with van der Waals surface area (Å²) in [6.45, 7) is 11.3. The van der Waals surface area contributed by atoms with Crippen molar-refractivity contribution in [1.82, 2.24) is 9.80 Å². The van der Waals surface area contributed by atoms with E-state index < -0.39 is 0 Å². The molecule has 0 saturated carbocycles. The van der Waals surface area contributed by atoms with Gasteiger partial charge in [-0.25, -0.2) is 0 Å². The molecule has 0 unspecified atom stereocenters. The molecule has 4 rings (SSSR count). The van der Waals surface area contributed by atoms with Gasteiger partial charge in [-0.3, -0.25) is 9.69 Å². The van der Waals surface area contributed by atoms with Gasteiger partial charge in [0.15, 0.2) is 0 Å². The number of carbonyl (C=O) groups is 1. The second-order valence-corrected chi connectivity index (χ2v) is 9.75. The van der Waals surface area contributed by atoms with Crippen molar-refractivity contribution in [3.05, 3.63) is 90.0 Å². The molecule has 1 heterocycles. The van der Waals surface area contributed by atoms with Crippen molar-refractivity contribution in [3.63, 3.8) is 0 Å². The Bertz CT molecular complexity index is 1050. The number of anilines is 1. The maximum absolute atomic E-state index is 12.8. The van der Waals surface area contributed by atoms with Gasteiger partial charge in [-0.1, -0.05) is 68.4 Å². The Morgan fingerprint density at radius 1 is 0.824 bits per heavy atom. The molecule has 4 nitrogen and oxygen atoms in total. The van der Waals surface area contributed by atoms with Crippen LogP contribution >= 0.6 is 0 Å². The van der Waals surface area contributed by atoms with Crippen LogP contribution in [0.5, 0.6) is 0 Å². The second-order valence-electron chi connectivity index (χ2n) is 9.75. The lowest BCUT2D eigenvalue weighted by molar-refractivity contribution is 0.102. The number of nitrogens with zero attached hydrogens (tertiary/aromatic N) is 2. The molecule has 0 bridgehead atoms. The molecule has 1 amide bonds. The molecule has 3 aromatic carbocycles. The van der Waals surface area contributed by atoms with Crippen LogP contribution in [0.1, 0.15) is 42.6 Å². The predicted molar refractivity (Wildman–Crippen MR) is 142 cm³/mol. The number of benzene rings is 3. The van der Waals surface area contributed by atoms with E-state index in [2.05, 4.69) is 53.2 Å². The van der Waals surface area contributed by atoms with Crippen molar-refractivity contribution in [2.75, 3.05) is 38.0 Å². The summed E-state index contributed by atoms with van der Waals surface area (Å²) < 4.78 is 0. The average molecular weight is 456 g/mol. The van der Waals surface area contributed by atoms with Crippen molar-refractivity contribution in [1.29, 1.82) is 0 Å². The minimum absolute atomic E-state index is 0.0765. The summed E-state index contributed by atoms with van der Waals surface area (Å²) in [5, 5.41) is 3.08. The zero-order valence-electron chi connectivity index (χ0n) is 20.5. The van der Waals surface area contributed by atoms with Gasteiger partial charge in [-0.05, 0) is 79.3 Å². The van der Waals surface area contributed by atoms with E-state index in [1.165, 1.54) is 31.5 Å². The van der Waals surface area contributed by atoms with Gasteiger partial charge in [0.05, 0.1) is 0 Å². The first-order chi connectivity index (χ1) is 16.6. The summed E-state index contributed by atoms with van der Waals surface area (Å²) in [6, 6.07) is 26.3. The molecule has 0 atom stereocenters. The summed E-state index contributed by atoms with van der Waals surface area (Å²) >= 11 is 0. The van der Waals surface area contributed by atoms with E-state index in [4.69, 9.17) is 0 Å². The highest BCUT2D eigenvalue weighted by Crippen LogP contribution is 2.20. The quantitative estimate of drug-likeness (QED) is 0.442. The first-order valence-electron chi connectivity index (χ1n) is 12.6. The highest BCUT2D eigenvalue weighted by molar-refractivity contribution is 6.04. The van der Waals surface area contributed by atoms with Crippen molar-refractivity contribution in [3.8, 4) is 11.1 Å². The largest absolute Gasteiger partial charge is 0.322 e. The summed E-state index contributed by atoms with van der Waals surface area (Å²) in [6.07, 6.45) is 2.49. The van der Waals surface area contributed by atoms with Crippen LogP contribution in [0.4, 0.5) is 5.69 Å². The topological polar surface area (TPSA) is 35.6 Å². The van der Waals surface area contributed by atoms with Gasteiger partial charge >= 0.3 is 0 Å². The Morgan fingerprint density at radius 3 is 2.29 bits per heavy atom. The molecule has 4 heteroatoms. The fourth-order valence-corrected chi connectivity index (χ4v) is 4.50. The van der Waals surface area contributed by atoms with Crippen LogP contribution in [0.25, 0.3) is 11.1 Å². The van der Waals surface area contributed by atoms with Crippen LogP contribution in [0.15, 0.2) is 78.9 Å². The summed E-state index contributed by atoms with van der Waals surface area (Å²) in [7, 11) is 0. The number of carbonyl (C=O) groups excluding carboxylic acids is 1. The molecule has 0 aliphatic carbocycles. The SMILES string of the molecule is CC(C)CCN1CCCN(Cc2cccc(NC(=O)c3ccc(-c4ccccc4)cc3)c2)CC1. The molecule has 3 aromatic rings. The van der Waals surface area contributed by atoms with E-state index in [0.29, 0.717) is 5.56 Å². The molecule has 0 spiro atoms. The standard InChI is InChI=1S/C30H37N3O/c1-24(2)16-19-32-17-7-18-33(21-20-32)23-25-8-6-11-29(22-25)31-30(34)28-14-12-27(13-15-28)26-9-4-3-5-10-26/h3-6,8-15,22,24H,7,16-21,23H2,1-2H3,(H,31,34). The lowest BCUT2D eigenvalue weighted by Crippen LogP contribution is -2.31. The van der Waals surface area contributed by atoms with Crippen molar-refractivity contribution >= 4 is 11.6 Å². The highest BCUT2D eigenvalue weighted by atomic mass is 16.1. The van der Waals surface area contributed by atoms with Crippen molar-refractivity contribution < 1.29 is 4.79 Å². The molecule has 1 saturated heterocycles. The molecule has 1 aliphatic heterocycles. The van der Waals surface area contributed by atoms with Crippen LogP contribution in [-0.2, 0) is 6.54 Å². The van der Waals surface area contributed by atoms with E-state index >= 15 is 0 Å². The van der Waals surface area contributed by atoms with Gasteiger partial charge in [-0.2, -0.15) is 0 Å². The Kier molecular flexibility index (Phi) is 8.51. The lowest BCUT2D eigenvalue weighted by atomic mass is 10.0. The minimum Gasteiger partial charge on any atom is -0.322 e. The van der Waals surface area contributed by atoms with E-state index in [-0.39, 0.29) is 5.91 Å². The molecule has 0 aromatic heterocycles. The van der Waals surface area contributed by atoms with Crippen LogP contribution in [0.2, 0.25) is 0 Å². The summed E-state index contributed by atoms with van der Waals surface area (Å²) in [5.41, 5.74) is 5.02. The number of hydrogen-bond donors (Lipinski definition) is 1. The zero-order valence-corrected chi connectivity index (χ0v) is 20.5. The molecule has 1 N–H and O–H groups in total. The van der Waals surface area contributed by atoms with Gasteiger partial charge in [0.25, 0.3) is 5.91 Å². The van der Waals surface area contributed by atoms with Gasteiger partial charge in [0.1, 0.15) is 0 Å². The number of hydrogen-bond acceptors (Lipinski definition) is 3. The van der Waals surface area contributed by atoms with Crippen LogP contribution in [0.3, 0.4) is 0 Å². The van der Waals surface area contributed by atoms with E-state index in [0.717, 1.165) is 48.9 Å². The van der Waals surface area contributed by atoms with E-state index in [9.17, 15) is 4.79 Å². The first kappa shape index (κ1) is 24.2. The molecule has 0 radical (unpaired) electrons. The Labute approximate surface area is 204 Å². The smallest absolute Gasteiger partial charge is 0.255 e. The third-order valence-electron chi connectivity index (χ3n) is 6.55. The lowest BCUT2D eigenvalue weighted by Gasteiger charge is -2.22.